The van der Waals surface area contributed by atoms with Gasteiger partial charge in [-0.25, -0.2) is 14.8 Å². The topological polar surface area (TPSA) is 185 Å². The van der Waals surface area contributed by atoms with Gasteiger partial charge in [0.15, 0.2) is 0 Å². The van der Waals surface area contributed by atoms with Crippen molar-refractivity contribution >= 4 is 58.0 Å². The average Bonchev–Trinajstić information content (AvgIpc) is 3.56. The molecule has 0 aliphatic carbocycles. The van der Waals surface area contributed by atoms with Crippen LogP contribution in [-0.2, 0) is 20.1 Å². The summed E-state index contributed by atoms with van der Waals surface area (Å²) in [6, 6.07) is 15.8. The van der Waals surface area contributed by atoms with Crippen LogP contribution in [0.3, 0.4) is 0 Å². The van der Waals surface area contributed by atoms with Crippen LogP contribution in [0.15, 0.2) is 58.9 Å². The van der Waals surface area contributed by atoms with E-state index in [0.29, 0.717) is 52.1 Å². The van der Waals surface area contributed by atoms with E-state index in [-0.39, 0.29) is 48.9 Å². The normalized spacial score (nSPS) is 11.3. The number of hydrogen-bond acceptors (Lipinski definition) is 12. The van der Waals surface area contributed by atoms with E-state index in [2.05, 4.69) is 15.9 Å². The molecule has 0 saturated heterocycles. The van der Waals surface area contributed by atoms with Crippen LogP contribution in [-0.4, -0.2) is 47.5 Å². The molecule has 11 nitrogen and oxygen atoms in total. The zero-order valence-corrected chi connectivity index (χ0v) is 27.7. The zero-order valence-electron chi connectivity index (χ0n) is 25.3. The summed E-state index contributed by atoms with van der Waals surface area (Å²) < 4.78 is 10.9. The van der Waals surface area contributed by atoms with Crippen molar-refractivity contribution in [3.05, 3.63) is 81.6 Å². The Morgan fingerprint density at radius 2 is 1.81 bits per heavy atom. The predicted molar refractivity (Wildman–Crippen MR) is 184 cm³/mol. The lowest BCUT2D eigenvalue weighted by molar-refractivity contribution is -0.144. The number of Topliss-reactive ketones (excluding diaryl/α,β-unsaturated/α-hetero) is 1. The average molecular weight is 690 g/mol. The molecule has 0 amide bonds. The highest BCUT2D eigenvalue weighted by atomic mass is 35.5. The Bertz CT molecular complexity index is 1780. The molecule has 4 aromatic rings. The van der Waals surface area contributed by atoms with E-state index < -0.39 is 12.0 Å². The second kappa shape index (κ2) is 17.4. The van der Waals surface area contributed by atoms with Crippen molar-refractivity contribution in [2.75, 3.05) is 25.5 Å². The van der Waals surface area contributed by atoms with Crippen LogP contribution >= 0.6 is 34.7 Å². The molecular formula is C33H32ClN7O4S2. The summed E-state index contributed by atoms with van der Waals surface area (Å²) in [5.74, 6) is 0.378. The molecule has 0 unspecified atom stereocenters. The maximum absolute atomic E-state index is 12.0. The number of esters is 1. The maximum atomic E-state index is 12.0. The minimum absolute atomic E-state index is 0.0129. The number of halogens is 1. The number of ketones is 1. The minimum Gasteiger partial charge on any atom is -0.490 e. The molecule has 4 rings (SSSR count). The second-order valence-corrected chi connectivity index (χ2v) is 12.4. The Hall–Kier alpha value is -4.50. The first-order chi connectivity index (χ1) is 22.7. The molecule has 1 atom stereocenters. The van der Waals surface area contributed by atoms with Gasteiger partial charge in [0.2, 0.25) is 5.69 Å². The lowest BCUT2D eigenvalue weighted by atomic mass is 10.00. The quantitative estimate of drug-likeness (QED) is 0.0530. The van der Waals surface area contributed by atoms with E-state index in [1.807, 2.05) is 29.6 Å². The number of thioether (sulfide) groups is 1. The fourth-order valence-corrected chi connectivity index (χ4v) is 6.36. The minimum atomic E-state index is -0.717. The van der Waals surface area contributed by atoms with E-state index in [9.17, 15) is 14.9 Å². The van der Waals surface area contributed by atoms with Gasteiger partial charge in [-0.1, -0.05) is 47.6 Å². The van der Waals surface area contributed by atoms with Gasteiger partial charge in [-0.2, -0.15) is 5.26 Å². The van der Waals surface area contributed by atoms with Crippen molar-refractivity contribution in [1.29, 1.82) is 5.26 Å². The Morgan fingerprint density at radius 1 is 1.09 bits per heavy atom. The molecule has 0 bridgehead atoms. The van der Waals surface area contributed by atoms with Crippen LogP contribution in [0, 0.1) is 17.9 Å². The third kappa shape index (κ3) is 9.75. The van der Waals surface area contributed by atoms with Gasteiger partial charge in [0.1, 0.15) is 46.7 Å². The molecule has 0 saturated carbocycles. The summed E-state index contributed by atoms with van der Waals surface area (Å²) in [5, 5.41) is 14.0. The highest BCUT2D eigenvalue weighted by Gasteiger charge is 2.21. The molecular weight excluding hydrogens is 658 g/mol. The molecule has 6 N–H and O–H groups in total. The molecule has 0 radical (unpaired) electrons. The number of pyridine rings is 1. The second-order valence-electron chi connectivity index (χ2n) is 10.2. The molecule has 2 heterocycles. The summed E-state index contributed by atoms with van der Waals surface area (Å²) in [6.07, 6.45) is 1.09. The number of nitrogen functional groups attached to an aromatic ring is 1. The number of hydrogen-bond donors (Lipinski definition) is 3. The van der Waals surface area contributed by atoms with Crippen molar-refractivity contribution in [3.8, 4) is 33.5 Å². The largest absolute Gasteiger partial charge is 0.490 e. The summed E-state index contributed by atoms with van der Waals surface area (Å²) in [4.78, 5) is 36.6. The molecule has 0 spiro atoms. The first-order valence-electron chi connectivity index (χ1n) is 14.5. The van der Waals surface area contributed by atoms with E-state index in [1.165, 1.54) is 23.1 Å². The molecule has 14 heteroatoms. The van der Waals surface area contributed by atoms with E-state index in [1.54, 1.807) is 24.3 Å². The van der Waals surface area contributed by atoms with E-state index >= 15 is 0 Å². The number of carbonyl (C=O) groups is 2. The summed E-state index contributed by atoms with van der Waals surface area (Å²) in [5.41, 5.74) is 20.5. The highest BCUT2D eigenvalue weighted by molar-refractivity contribution is 7.98. The third-order valence-electron chi connectivity index (χ3n) is 6.85. The first-order valence-corrected chi connectivity index (χ1v) is 16.8. The van der Waals surface area contributed by atoms with Crippen molar-refractivity contribution in [2.45, 2.75) is 42.5 Å². The van der Waals surface area contributed by atoms with Crippen LogP contribution < -0.4 is 21.9 Å². The monoisotopic (exact) mass is 689 g/mol. The highest BCUT2D eigenvalue weighted by Crippen LogP contribution is 2.42. The van der Waals surface area contributed by atoms with Crippen molar-refractivity contribution < 1.29 is 19.1 Å². The molecule has 0 aliphatic heterocycles. The zero-order chi connectivity index (χ0) is 33.8. The summed E-state index contributed by atoms with van der Waals surface area (Å²) in [7, 11) is 0. The van der Waals surface area contributed by atoms with Crippen LogP contribution in [0.25, 0.3) is 26.5 Å². The van der Waals surface area contributed by atoms with Crippen molar-refractivity contribution in [1.82, 2.24) is 9.97 Å². The standard InChI is InChI=1S/C33H32ClN7O4S2/c1-39-30-29(20-6-10-24(11-7-20)44-15-16-45-28(43)13-12-26(37)27(42)3-2-14-35)25(17-36)33(41-31(30)38)47-19-23-18-46-32(40-23)21-4-8-22(34)9-5-21/h4-11,18,26H,2-3,12-16,19,35,37H2,(H2,38,41)/t26-/m0/s1. The van der Waals surface area contributed by atoms with Crippen LogP contribution in [0.2, 0.25) is 5.02 Å². The fraction of sp³-hybridized carbons (Fsp3) is 0.273. The van der Waals surface area contributed by atoms with Gasteiger partial charge in [0.25, 0.3) is 0 Å². The molecule has 0 fully saturated rings. The van der Waals surface area contributed by atoms with Gasteiger partial charge in [-0.3, -0.25) is 9.59 Å². The molecule has 2 aromatic carbocycles. The SMILES string of the molecule is [C-]#[N+]c1c(N)nc(SCc2csc(-c3ccc(Cl)cc3)n2)c(C#N)c1-c1ccc(OCCOC(=O)CC[C@H](N)C(=O)CCCN)cc1. The van der Waals surface area contributed by atoms with Crippen LogP contribution in [0.5, 0.6) is 5.75 Å². The van der Waals surface area contributed by atoms with E-state index in [0.717, 1.165) is 16.3 Å². The summed E-state index contributed by atoms with van der Waals surface area (Å²) >= 11 is 8.83. The number of rotatable bonds is 16. The van der Waals surface area contributed by atoms with Crippen molar-refractivity contribution in [3.63, 3.8) is 0 Å². The summed E-state index contributed by atoms with van der Waals surface area (Å²) in [6.45, 7) is 8.24. The Morgan fingerprint density at radius 3 is 2.49 bits per heavy atom. The number of ether oxygens (including phenoxy) is 2. The maximum Gasteiger partial charge on any atom is 0.305 e. The fourth-order valence-electron chi connectivity index (χ4n) is 4.42. The number of aromatic nitrogens is 2. The Balaban J connectivity index is 1.37. The number of carbonyl (C=O) groups excluding carboxylic acids is 2. The molecule has 0 aliphatic rings. The van der Waals surface area contributed by atoms with Gasteiger partial charge in [0, 0.05) is 40.1 Å². The molecule has 242 valence electrons. The van der Waals surface area contributed by atoms with Gasteiger partial charge in [-0.05, 0) is 49.2 Å². The van der Waals surface area contributed by atoms with Crippen LogP contribution in [0.1, 0.15) is 36.9 Å². The van der Waals surface area contributed by atoms with E-state index in [4.69, 9.17) is 49.8 Å². The number of nitrogens with two attached hydrogens (primary N) is 3. The Kier molecular flexibility index (Phi) is 13.1. The van der Waals surface area contributed by atoms with Gasteiger partial charge in [0.05, 0.1) is 23.9 Å². The predicted octanol–water partition coefficient (Wildman–Crippen LogP) is 6.16. The number of anilines is 1. The van der Waals surface area contributed by atoms with Gasteiger partial charge >= 0.3 is 5.97 Å². The lowest BCUT2D eigenvalue weighted by Gasteiger charge is -2.14. The Labute approximate surface area is 285 Å². The number of thiazole rings is 1. The van der Waals surface area contributed by atoms with Gasteiger partial charge < -0.3 is 26.7 Å². The number of nitrogens with zero attached hydrogens (tertiary/aromatic N) is 4. The van der Waals surface area contributed by atoms with Crippen molar-refractivity contribution in [2.24, 2.45) is 11.5 Å². The molecule has 2 aromatic heterocycles. The number of benzene rings is 2. The smallest absolute Gasteiger partial charge is 0.305 e. The lowest BCUT2D eigenvalue weighted by Crippen LogP contribution is -2.31. The first kappa shape index (κ1) is 35.4. The molecule has 47 heavy (non-hydrogen) atoms. The van der Waals surface area contributed by atoms with Gasteiger partial charge in [-0.15, -0.1) is 11.3 Å². The third-order valence-corrected chi connectivity index (χ3v) is 9.05. The number of nitriles is 1. The van der Waals surface area contributed by atoms with Crippen LogP contribution in [0.4, 0.5) is 11.5 Å².